The number of ether oxygens (including phenoxy) is 1. The number of benzene rings is 2. The monoisotopic (exact) mass is 467 g/mol. The molecule has 33 heavy (non-hydrogen) atoms. The largest absolute Gasteiger partial charge is 0.480 e. The fraction of sp³-hybridized carbons (Fsp3) is 0.360. The lowest BCUT2D eigenvalue weighted by atomic mass is 9.82. The third kappa shape index (κ3) is 6.06. The van der Waals surface area contributed by atoms with Crippen LogP contribution in [0.25, 0.3) is 22.5 Å². The minimum absolute atomic E-state index is 0.258. The smallest absolute Gasteiger partial charge is 0.364 e. The van der Waals surface area contributed by atoms with Crippen LogP contribution in [-0.4, -0.2) is 39.1 Å². The number of aromatic nitrogens is 3. The highest BCUT2D eigenvalue weighted by Crippen LogP contribution is 2.31. The number of carbonyl (C=O) groups is 1. The van der Waals surface area contributed by atoms with Gasteiger partial charge in [-0.1, -0.05) is 54.1 Å². The van der Waals surface area contributed by atoms with Crippen molar-refractivity contribution >= 4 is 17.6 Å². The number of aliphatic carboxylic acids is 1. The van der Waals surface area contributed by atoms with Crippen molar-refractivity contribution in [1.82, 2.24) is 14.8 Å². The Kier molecular flexibility index (Phi) is 7.52. The molecule has 172 valence electrons. The van der Waals surface area contributed by atoms with Crippen molar-refractivity contribution < 1.29 is 14.6 Å². The van der Waals surface area contributed by atoms with Crippen LogP contribution in [0.4, 0.5) is 0 Å². The Morgan fingerprint density at radius 1 is 0.970 bits per heavy atom. The molecule has 1 aliphatic carbocycles. The lowest BCUT2D eigenvalue weighted by Crippen LogP contribution is -2.31. The van der Waals surface area contributed by atoms with Crippen molar-refractivity contribution in [1.29, 1.82) is 0 Å². The van der Waals surface area contributed by atoms with E-state index in [-0.39, 0.29) is 12.3 Å². The van der Waals surface area contributed by atoms with Gasteiger partial charge in [-0.05, 0) is 49.7 Å². The van der Waals surface area contributed by atoms with Crippen LogP contribution < -0.4 is 5.69 Å². The molecular weight excluding hydrogens is 442 g/mol. The molecule has 0 aliphatic heterocycles. The zero-order valence-electron chi connectivity index (χ0n) is 18.2. The van der Waals surface area contributed by atoms with E-state index in [1.165, 1.54) is 4.68 Å². The molecule has 0 saturated heterocycles. The first-order valence-corrected chi connectivity index (χ1v) is 11.5. The highest BCUT2D eigenvalue weighted by atomic mass is 35.5. The number of nitrogens with zero attached hydrogens (tertiary/aromatic N) is 3. The molecule has 0 spiro atoms. The second-order valence-corrected chi connectivity index (χ2v) is 8.88. The summed E-state index contributed by atoms with van der Waals surface area (Å²) in [6.07, 6.45) is 3.76. The molecule has 0 unspecified atom stereocenters. The third-order valence-electron chi connectivity index (χ3n) is 6.01. The molecule has 3 aromatic rings. The predicted molar refractivity (Wildman–Crippen MR) is 126 cm³/mol. The maximum atomic E-state index is 12.9. The Morgan fingerprint density at radius 2 is 1.61 bits per heavy atom. The quantitative estimate of drug-likeness (QED) is 0.523. The SMILES string of the molecule is O=C(O)COCC1CCC(Cn2nc(-c3ccc(Cl)cc3)c(-c3ccccc3)nc2=O)CC1. The van der Waals surface area contributed by atoms with E-state index in [0.29, 0.717) is 41.4 Å². The van der Waals surface area contributed by atoms with Crippen molar-refractivity contribution in [3.05, 3.63) is 70.1 Å². The molecule has 4 rings (SSSR count). The Labute approximate surface area is 197 Å². The zero-order valence-corrected chi connectivity index (χ0v) is 18.9. The molecular formula is C25H26ClN3O4. The van der Waals surface area contributed by atoms with Gasteiger partial charge in [-0.3, -0.25) is 0 Å². The van der Waals surface area contributed by atoms with Crippen molar-refractivity contribution in [2.45, 2.75) is 32.2 Å². The van der Waals surface area contributed by atoms with Gasteiger partial charge in [-0.15, -0.1) is 0 Å². The first-order valence-electron chi connectivity index (χ1n) is 11.1. The number of carboxylic acid groups (broad SMARTS) is 1. The standard InChI is InChI=1S/C25H26ClN3O4/c26-21-12-10-20(11-13-21)24-23(19-4-2-1-3-5-19)27-25(32)29(28-24)14-17-6-8-18(9-7-17)15-33-16-22(30)31/h1-5,10-13,17-18H,6-9,14-16H2,(H,30,31). The Morgan fingerprint density at radius 3 is 2.27 bits per heavy atom. The molecule has 1 aliphatic rings. The lowest BCUT2D eigenvalue weighted by molar-refractivity contribution is -0.142. The first-order chi connectivity index (χ1) is 16.0. The van der Waals surface area contributed by atoms with E-state index in [0.717, 1.165) is 36.8 Å². The number of halogens is 1. The van der Waals surface area contributed by atoms with Gasteiger partial charge in [0.2, 0.25) is 0 Å². The Hall–Kier alpha value is -3.03. The normalized spacial score (nSPS) is 18.2. The summed E-state index contributed by atoms with van der Waals surface area (Å²) >= 11 is 6.07. The summed E-state index contributed by atoms with van der Waals surface area (Å²) in [7, 11) is 0. The number of hydrogen-bond donors (Lipinski definition) is 1. The molecule has 7 nitrogen and oxygen atoms in total. The maximum absolute atomic E-state index is 12.9. The van der Waals surface area contributed by atoms with E-state index in [1.807, 2.05) is 42.5 Å². The van der Waals surface area contributed by atoms with Crippen LogP contribution in [-0.2, 0) is 16.1 Å². The van der Waals surface area contributed by atoms with Crippen LogP contribution in [0.5, 0.6) is 0 Å². The van der Waals surface area contributed by atoms with E-state index < -0.39 is 5.97 Å². The molecule has 1 heterocycles. The average Bonchev–Trinajstić information content (AvgIpc) is 2.82. The zero-order chi connectivity index (χ0) is 23.2. The molecule has 1 fully saturated rings. The van der Waals surface area contributed by atoms with Crippen molar-refractivity contribution in [3.8, 4) is 22.5 Å². The van der Waals surface area contributed by atoms with Gasteiger partial charge in [0.25, 0.3) is 0 Å². The number of rotatable bonds is 8. The molecule has 8 heteroatoms. The van der Waals surface area contributed by atoms with E-state index in [1.54, 1.807) is 12.1 Å². The summed E-state index contributed by atoms with van der Waals surface area (Å²) in [4.78, 5) is 27.9. The maximum Gasteiger partial charge on any atom is 0.364 e. The Bertz CT molecular complexity index is 1140. The van der Waals surface area contributed by atoms with E-state index >= 15 is 0 Å². The van der Waals surface area contributed by atoms with Gasteiger partial charge in [-0.25, -0.2) is 14.3 Å². The van der Waals surface area contributed by atoms with Crippen LogP contribution >= 0.6 is 11.6 Å². The second-order valence-electron chi connectivity index (χ2n) is 8.44. The van der Waals surface area contributed by atoms with Crippen LogP contribution in [0.1, 0.15) is 25.7 Å². The third-order valence-corrected chi connectivity index (χ3v) is 6.27. The number of carboxylic acids is 1. The molecule has 1 aromatic heterocycles. The minimum atomic E-state index is -0.947. The molecule has 0 bridgehead atoms. The van der Waals surface area contributed by atoms with Crippen LogP contribution in [0.2, 0.25) is 5.02 Å². The van der Waals surface area contributed by atoms with Gasteiger partial charge in [0.1, 0.15) is 18.0 Å². The van der Waals surface area contributed by atoms with Crippen molar-refractivity contribution in [2.75, 3.05) is 13.2 Å². The summed E-state index contributed by atoms with van der Waals surface area (Å²) in [5.74, 6) is -0.279. The summed E-state index contributed by atoms with van der Waals surface area (Å²) in [5.41, 5.74) is 2.52. The summed E-state index contributed by atoms with van der Waals surface area (Å²) in [5, 5.41) is 14.1. The van der Waals surface area contributed by atoms with Crippen molar-refractivity contribution in [2.24, 2.45) is 11.8 Å². The molecule has 0 amide bonds. The Balaban J connectivity index is 1.54. The predicted octanol–water partition coefficient (Wildman–Crippen LogP) is 4.53. The topological polar surface area (TPSA) is 94.3 Å². The van der Waals surface area contributed by atoms with Crippen molar-refractivity contribution in [3.63, 3.8) is 0 Å². The van der Waals surface area contributed by atoms with Gasteiger partial charge < -0.3 is 9.84 Å². The van der Waals surface area contributed by atoms with E-state index in [9.17, 15) is 9.59 Å². The van der Waals surface area contributed by atoms with Gasteiger partial charge in [0.05, 0.1) is 6.61 Å². The molecule has 0 radical (unpaired) electrons. The second kappa shape index (κ2) is 10.7. The highest BCUT2D eigenvalue weighted by Gasteiger charge is 2.23. The van der Waals surface area contributed by atoms with E-state index in [4.69, 9.17) is 26.5 Å². The fourth-order valence-corrected chi connectivity index (χ4v) is 4.40. The van der Waals surface area contributed by atoms with Gasteiger partial charge in [0, 0.05) is 22.7 Å². The molecule has 1 N–H and O–H groups in total. The average molecular weight is 468 g/mol. The molecule has 2 aromatic carbocycles. The number of hydrogen-bond acceptors (Lipinski definition) is 5. The van der Waals surface area contributed by atoms with E-state index in [2.05, 4.69) is 4.98 Å². The minimum Gasteiger partial charge on any atom is -0.480 e. The van der Waals surface area contributed by atoms with Gasteiger partial charge in [0.15, 0.2) is 0 Å². The van der Waals surface area contributed by atoms with Gasteiger partial charge >= 0.3 is 11.7 Å². The summed E-state index contributed by atoms with van der Waals surface area (Å²) in [6, 6.07) is 16.9. The highest BCUT2D eigenvalue weighted by molar-refractivity contribution is 6.30. The summed E-state index contributed by atoms with van der Waals surface area (Å²) in [6.45, 7) is 0.710. The van der Waals surface area contributed by atoms with Crippen LogP contribution in [0.15, 0.2) is 59.4 Å². The van der Waals surface area contributed by atoms with Gasteiger partial charge in [-0.2, -0.15) is 10.1 Å². The lowest BCUT2D eigenvalue weighted by Gasteiger charge is -2.28. The first kappa shape index (κ1) is 23.1. The molecule has 0 atom stereocenters. The fourth-order valence-electron chi connectivity index (χ4n) is 4.27. The van der Waals surface area contributed by atoms with Crippen LogP contribution in [0.3, 0.4) is 0 Å². The van der Waals surface area contributed by atoms with Crippen LogP contribution in [0, 0.1) is 11.8 Å². The summed E-state index contributed by atoms with van der Waals surface area (Å²) < 4.78 is 6.72. The molecule has 1 saturated carbocycles.